The van der Waals surface area contributed by atoms with E-state index in [9.17, 15) is 9.18 Å². The second-order valence-corrected chi connectivity index (χ2v) is 5.87. The highest BCUT2D eigenvalue weighted by atomic mass is 79.9. The molecular formula is C14H9BrCl2FNO. The molecule has 0 radical (unpaired) electrons. The SMILES string of the molecule is Cc1cccc(C(=O)Nc2c(Cl)cc(Br)cc2Cl)c1F. The molecule has 104 valence electrons. The minimum absolute atomic E-state index is 0.0555. The smallest absolute Gasteiger partial charge is 0.258 e. The van der Waals surface area contributed by atoms with Crippen LogP contribution in [0.15, 0.2) is 34.8 Å². The quantitative estimate of drug-likeness (QED) is 0.741. The van der Waals surface area contributed by atoms with Gasteiger partial charge in [0.05, 0.1) is 21.3 Å². The second-order valence-electron chi connectivity index (χ2n) is 4.14. The lowest BCUT2D eigenvalue weighted by atomic mass is 10.1. The number of halogens is 4. The molecule has 0 heterocycles. The molecule has 2 aromatic carbocycles. The first-order chi connectivity index (χ1) is 9.40. The largest absolute Gasteiger partial charge is 0.319 e. The van der Waals surface area contributed by atoms with Crippen LogP contribution in [0.2, 0.25) is 10.0 Å². The van der Waals surface area contributed by atoms with Crippen molar-refractivity contribution in [2.45, 2.75) is 6.92 Å². The summed E-state index contributed by atoms with van der Waals surface area (Å²) in [4.78, 5) is 12.1. The van der Waals surface area contributed by atoms with E-state index in [0.717, 1.165) is 0 Å². The van der Waals surface area contributed by atoms with Crippen LogP contribution in [0, 0.1) is 12.7 Å². The zero-order valence-electron chi connectivity index (χ0n) is 10.3. The highest BCUT2D eigenvalue weighted by molar-refractivity contribution is 9.10. The fourth-order valence-electron chi connectivity index (χ4n) is 1.67. The van der Waals surface area contributed by atoms with Crippen LogP contribution >= 0.6 is 39.1 Å². The first kappa shape index (κ1) is 15.3. The fourth-order valence-corrected chi connectivity index (χ4v) is 2.97. The first-order valence-electron chi connectivity index (χ1n) is 5.61. The number of nitrogens with one attached hydrogen (secondary N) is 1. The highest BCUT2D eigenvalue weighted by Crippen LogP contribution is 2.34. The Labute approximate surface area is 134 Å². The maximum atomic E-state index is 13.9. The van der Waals surface area contributed by atoms with Crippen LogP contribution < -0.4 is 5.32 Å². The molecule has 20 heavy (non-hydrogen) atoms. The molecule has 0 unspecified atom stereocenters. The monoisotopic (exact) mass is 375 g/mol. The molecule has 0 aliphatic heterocycles. The standard InChI is InChI=1S/C14H9BrCl2FNO/c1-7-3-2-4-9(12(7)18)14(20)19-13-10(16)5-8(15)6-11(13)17/h2-6H,1H3,(H,19,20). The van der Waals surface area contributed by atoms with E-state index in [1.807, 2.05) is 0 Å². The number of aryl methyl sites for hydroxylation is 1. The summed E-state index contributed by atoms with van der Waals surface area (Å²) in [5, 5.41) is 3.06. The summed E-state index contributed by atoms with van der Waals surface area (Å²) in [5.41, 5.74) is 0.591. The van der Waals surface area contributed by atoms with E-state index in [0.29, 0.717) is 10.0 Å². The van der Waals surface area contributed by atoms with Crippen molar-refractivity contribution in [1.29, 1.82) is 0 Å². The van der Waals surface area contributed by atoms with Crippen LogP contribution in [0.25, 0.3) is 0 Å². The number of anilines is 1. The zero-order chi connectivity index (χ0) is 14.9. The number of carbonyl (C=O) groups excluding carboxylic acids is 1. The minimum Gasteiger partial charge on any atom is -0.319 e. The molecule has 0 saturated carbocycles. The van der Waals surface area contributed by atoms with Gasteiger partial charge < -0.3 is 5.32 Å². The predicted octanol–water partition coefficient (Wildman–Crippen LogP) is 5.46. The summed E-state index contributed by atoms with van der Waals surface area (Å²) in [7, 11) is 0. The summed E-state index contributed by atoms with van der Waals surface area (Å²) in [6.07, 6.45) is 0. The van der Waals surface area contributed by atoms with Gasteiger partial charge in [-0.05, 0) is 30.7 Å². The van der Waals surface area contributed by atoms with Gasteiger partial charge >= 0.3 is 0 Å². The van der Waals surface area contributed by atoms with Crippen molar-refractivity contribution < 1.29 is 9.18 Å². The van der Waals surface area contributed by atoms with Crippen molar-refractivity contribution in [2.24, 2.45) is 0 Å². The summed E-state index contributed by atoms with van der Waals surface area (Å²) >= 11 is 15.3. The molecule has 2 rings (SSSR count). The van der Waals surface area contributed by atoms with Crippen LogP contribution in [0.3, 0.4) is 0 Å². The number of hydrogen-bond acceptors (Lipinski definition) is 1. The molecule has 1 amide bonds. The molecule has 0 spiro atoms. The molecule has 0 bridgehead atoms. The van der Waals surface area contributed by atoms with E-state index in [1.54, 1.807) is 31.2 Å². The lowest BCUT2D eigenvalue weighted by Crippen LogP contribution is -2.15. The maximum absolute atomic E-state index is 13.9. The first-order valence-corrected chi connectivity index (χ1v) is 7.16. The summed E-state index contributed by atoms with van der Waals surface area (Å²) in [6.45, 7) is 1.59. The zero-order valence-corrected chi connectivity index (χ0v) is 13.4. The van der Waals surface area contributed by atoms with Gasteiger partial charge in [0.1, 0.15) is 5.82 Å². The molecule has 0 atom stereocenters. The van der Waals surface area contributed by atoms with Crippen molar-refractivity contribution in [3.8, 4) is 0 Å². The van der Waals surface area contributed by atoms with E-state index in [1.165, 1.54) is 6.07 Å². The van der Waals surface area contributed by atoms with E-state index >= 15 is 0 Å². The number of benzene rings is 2. The summed E-state index contributed by atoms with van der Waals surface area (Å²) in [5.74, 6) is -1.16. The Kier molecular flexibility index (Phi) is 4.68. The Hall–Kier alpha value is -1.10. The highest BCUT2D eigenvalue weighted by Gasteiger charge is 2.16. The van der Waals surface area contributed by atoms with Gasteiger partial charge in [0, 0.05) is 4.47 Å². The maximum Gasteiger partial charge on any atom is 0.258 e. The van der Waals surface area contributed by atoms with Crippen molar-refractivity contribution in [2.75, 3.05) is 5.32 Å². The lowest BCUT2D eigenvalue weighted by molar-refractivity contribution is 0.102. The lowest BCUT2D eigenvalue weighted by Gasteiger charge is -2.11. The van der Waals surface area contributed by atoms with Gasteiger partial charge in [-0.3, -0.25) is 4.79 Å². The average Bonchev–Trinajstić information content (AvgIpc) is 2.36. The number of amides is 1. The number of rotatable bonds is 2. The van der Waals surface area contributed by atoms with E-state index in [-0.39, 0.29) is 21.3 Å². The third kappa shape index (κ3) is 3.14. The number of hydrogen-bond donors (Lipinski definition) is 1. The third-order valence-corrected chi connectivity index (χ3v) is 3.74. The van der Waals surface area contributed by atoms with Gasteiger partial charge in [0.2, 0.25) is 0 Å². The van der Waals surface area contributed by atoms with Crippen LogP contribution in [-0.4, -0.2) is 5.91 Å². The molecule has 0 aliphatic carbocycles. The summed E-state index contributed by atoms with van der Waals surface area (Å²) < 4.78 is 14.6. The van der Waals surface area contributed by atoms with Crippen molar-refractivity contribution in [1.82, 2.24) is 0 Å². The van der Waals surface area contributed by atoms with Crippen LogP contribution in [-0.2, 0) is 0 Å². The Morgan fingerprint density at radius 2 is 1.85 bits per heavy atom. The molecule has 2 nitrogen and oxygen atoms in total. The third-order valence-electron chi connectivity index (χ3n) is 2.68. The molecule has 2 aromatic rings. The molecule has 0 aromatic heterocycles. The van der Waals surface area contributed by atoms with Gasteiger partial charge in [0.25, 0.3) is 5.91 Å². The normalized spacial score (nSPS) is 10.4. The minimum atomic E-state index is -0.600. The van der Waals surface area contributed by atoms with E-state index in [2.05, 4.69) is 21.2 Å². The molecular weight excluding hydrogens is 368 g/mol. The molecule has 0 fully saturated rings. The van der Waals surface area contributed by atoms with Gasteiger partial charge in [-0.25, -0.2) is 4.39 Å². The Morgan fingerprint density at radius 1 is 1.25 bits per heavy atom. The van der Waals surface area contributed by atoms with E-state index < -0.39 is 11.7 Å². The molecule has 0 aliphatic rings. The summed E-state index contributed by atoms with van der Waals surface area (Å²) in [6, 6.07) is 7.79. The molecule has 1 N–H and O–H groups in total. The number of carbonyl (C=O) groups is 1. The van der Waals surface area contributed by atoms with Crippen LogP contribution in [0.5, 0.6) is 0 Å². The predicted molar refractivity (Wildman–Crippen MR) is 83.3 cm³/mol. The van der Waals surface area contributed by atoms with Gasteiger partial charge in [-0.2, -0.15) is 0 Å². The topological polar surface area (TPSA) is 29.1 Å². The Morgan fingerprint density at radius 3 is 2.45 bits per heavy atom. The Balaban J connectivity index is 2.36. The Bertz CT molecular complexity index is 668. The molecule has 0 saturated heterocycles. The second kappa shape index (κ2) is 6.12. The fraction of sp³-hybridized carbons (Fsp3) is 0.0714. The van der Waals surface area contributed by atoms with Gasteiger partial charge in [-0.1, -0.05) is 51.3 Å². The van der Waals surface area contributed by atoms with Crippen LogP contribution in [0.4, 0.5) is 10.1 Å². The van der Waals surface area contributed by atoms with Gasteiger partial charge in [-0.15, -0.1) is 0 Å². The average molecular weight is 377 g/mol. The van der Waals surface area contributed by atoms with Gasteiger partial charge in [0.15, 0.2) is 0 Å². The van der Waals surface area contributed by atoms with Crippen molar-refractivity contribution >= 4 is 50.7 Å². The van der Waals surface area contributed by atoms with Crippen molar-refractivity contribution in [3.05, 3.63) is 61.8 Å². The molecule has 6 heteroatoms. The van der Waals surface area contributed by atoms with E-state index in [4.69, 9.17) is 23.2 Å². The van der Waals surface area contributed by atoms with Crippen molar-refractivity contribution in [3.63, 3.8) is 0 Å². The van der Waals surface area contributed by atoms with Crippen LogP contribution in [0.1, 0.15) is 15.9 Å².